The molecule has 5 rings (SSSR count). The maximum Gasteiger partial charge on any atom is 0.333 e. The zero-order chi connectivity index (χ0) is 29.2. The molecule has 2 atom stereocenters. The molecule has 1 spiro atoms. The number of nitrogens with two attached hydrogens (primary N) is 1. The van der Waals surface area contributed by atoms with Gasteiger partial charge in [-0.2, -0.15) is 0 Å². The number of benzene rings is 1. The SMILES string of the molecule is COc1ccc(S(=O)(=O)NC(=O)Nc2cccc(Sc3cnc(N4CCC5(CC4)CO[C@@H](C)[C@H]5N)cn3)c2Cl)cn1. The second kappa shape index (κ2) is 12.0. The molecule has 3 aromatic rings. The number of urea groups is 1. The number of carbonyl (C=O) groups is 1. The lowest BCUT2D eigenvalue weighted by Gasteiger charge is -2.41. The monoisotopic (exact) mass is 619 g/mol. The Balaban J connectivity index is 1.19. The number of amides is 2. The molecule has 15 heteroatoms. The van der Waals surface area contributed by atoms with Crippen molar-refractivity contribution in [1.29, 1.82) is 0 Å². The zero-order valence-corrected chi connectivity index (χ0v) is 24.8. The van der Waals surface area contributed by atoms with Gasteiger partial charge in [-0.1, -0.05) is 29.4 Å². The molecule has 0 bridgehead atoms. The van der Waals surface area contributed by atoms with Gasteiger partial charge in [-0.3, -0.25) is 0 Å². The van der Waals surface area contributed by atoms with Crippen LogP contribution in [0.1, 0.15) is 19.8 Å². The highest BCUT2D eigenvalue weighted by molar-refractivity contribution is 7.99. The van der Waals surface area contributed by atoms with E-state index in [0.717, 1.165) is 37.9 Å². The molecule has 218 valence electrons. The number of methoxy groups -OCH3 is 1. The first-order valence-corrected chi connectivity index (χ1v) is 15.5. The third-order valence-electron chi connectivity index (χ3n) is 7.43. The Morgan fingerprint density at radius 1 is 1.17 bits per heavy atom. The Morgan fingerprint density at radius 2 is 1.95 bits per heavy atom. The minimum absolute atomic E-state index is 0.0307. The van der Waals surface area contributed by atoms with Crippen LogP contribution in [0.2, 0.25) is 5.02 Å². The molecule has 41 heavy (non-hydrogen) atoms. The summed E-state index contributed by atoms with van der Waals surface area (Å²) < 4.78 is 37.8. The fourth-order valence-corrected chi connectivity index (χ4v) is 6.88. The van der Waals surface area contributed by atoms with E-state index in [9.17, 15) is 13.2 Å². The van der Waals surface area contributed by atoms with E-state index < -0.39 is 16.1 Å². The van der Waals surface area contributed by atoms with Gasteiger partial charge >= 0.3 is 6.03 Å². The van der Waals surface area contributed by atoms with E-state index in [2.05, 4.69) is 25.2 Å². The second-order valence-corrected chi connectivity index (χ2v) is 13.0. The molecule has 2 aliphatic rings. The van der Waals surface area contributed by atoms with Crippen LogP contribution in [0, 0.1) is 5.41 Å². The predicted octanol–water partition coefficient (Wildman–Crippen LogP) is 3.53. The molecule has 4 heterocycles. The van der Waals surface area contributed by atoms with Crippen LogP contribution < -0.4 is 25.4 Å². The molecule has 1 aromatic carbocycles. The van der Waals surface area contributed by atoms with E-state index >= 15 is 0 Å². The molecule has 0 aliphatic carbocycles. The van der Waals surface area contributed by atoms with Gasteiger partial charge in [0.05, 0.1) is 49.1 Å². The molecule has 0 radical (unpaired) electrons. The van der Waals surface area contributed by atoms with E-state index in [1.54, 1.807) is 30.6 Å². The smallest absolute Gasteiger partial charge is 0.333 e. The van der Waals surface area contributed by atoms with Crippen LogP contribution in [-0.4, -0.2) is 68.4 Å². The second-order valence-electron chi connectivity index (χ2n) is 9.92. The first-order chi connectivity index (χ1) is 19.6. The van der Waals surface area contributed by atoms with Crippen LogP contribution in [0.5, 0.6) is 5.88 Å². The molecular weight excluding hydrogens is 590 g/mol. The standard InChI is InChI=1S/C26H30ClN7O5S2/c1-16-24(28)26(15-39-16)8-10-34(11-9-26)20-13-31-22(14-29-20)40-19-5-3-4-18(23(19)27)32-25(35)33-41(36,37)17-6-7-21(38-2)30-12-17/h3-7,12-14,16,24H,8-11,15,28H2,1-2H3,(H2,32,33,35)/t16-,24+/m0/s1. The van der Waals surface area contributed by atoms with Crippen molar-refractivity contribution < 1.29 is 22.7 Å². The third-order valence-corrected chi connectivity index (χ3v) is 10.2. The Bertz CT molecular complexity index is 1500. The molecular formula is C26H30ClN7O5S2. The predicted molar refractivity (Wildman–Crippen MR) is 155 cm³/mol. The largest absolute Gasteiger partial charge is 0.481 e. The lowest BCUT2D eigenvalue weighted by Crippen LogP contribution is -2.50. The number of anilines is 2. The Morgan fingerprint density at radius 3 is 2.56 bits per heavy atom. The molecule has 2 fully saturated rings. The molecule has 2 saturated heterocycles. The number of hydrogen-bond acceptors (Lipinski definition) is 11. The number of carbonyl (C=O) groups excluding carboxylic acids is 1. The maximum absolute atomic E-state index is 12.5. The maximum atomic E-state index is 12.5. The summed E-state index contributed by atoms with van der Waals surface area (Å²) in [5, 5.41) is 3.32. The van der Waals surface area contributed by atoms with Crippen molar-refractivity contribution in [3.8, 4) is 5.88 Å². The van der Waals surface area contributed by atoms with Gasteiger partial charge in [-0.25, -0.2) is 32.9 Å². The van der Waals surface area contributed by atoms with E-state index in [0.29, 0.717) is 16.5 Å². The fraction of sp³-hybridized carbons (Fsp3) is 0.385. The summed E-state index contributed by atoms with van der Waals surface area (Å²) in [6.45, 7) is 4.40. The van der Waals surface area contributed by atoms with Crippen molar-refractivity contribution in [3.05, 3.63) is 53.9 Å². The van der Waals surface area contributed by atoms with Crippen LogP contribution in [-0.2, 0) is 14.8 Å². The summed E-state index contributed by atoms with van der Waals surface area (Å²) in [4.78, 5) is 28.1. The highest BCUT2D eigenvalue weighted by Crippen LogP contribution is 2.42. The summed E-state index contributed by atoms with van der Waals surface area (Å²) >= 11 is 7.82. The third kappa shape index (κ3) is 6.36. The fourth-order valence-electron chi connectivity index (χ4n) is 4.95. The lowest BCUT2D eigenvalue weighted by molar-refractivity contribution is 0.0974. The van der Waals surface area contributed by atoms with Crippen molar-refractivity contribution in [2.24, 2.45) is 11.1 Å². The summed E-state index contributed by atoms with van der Waals surface area (Å²) in [6.07, 6.45) is 6.46. The van der Waals surface area contributed by atoms with Gasteiger partial charge in [0.2, 0.25) is 5.88 Å². The van der Waals surface area contributed by atoms with Crippen LogP contribution in [0.3, 0.4) is 0 Å². The summed E-state index contributed by atoms with van der Waals surface area (Å²) in [6, 6.07) is 6.75. The normalized spacial score (nSPS) is 20.1. The van der Waals surface area contributed by atoms with Crippen molar-refractivity contribution in [1.82, 2.24) is 19.7 Å². The van der Waals surface area contributed by atoms with Gasteiger partial charge < -0.3 is 25.4 Å². The Hall–Kier alpha value is -3.17. The number of aromatic nitrogens is 3. The van der Waals surface area contributed by atoms with Crippen molar-refractivity contribution in [2.75, 3.05) is 37.0 Å². The van der Waals surface area contributed by atoms with Crippen molar-refractivity contribution >= 4 is 50.9 Å². The van der Waals surface area contributed by atoms with E-state index in [4.69, 9.17) is 26.8 Å². The van der Waals surface area contributed by atoms with Crippen LogP contribution in [0.15, 0.2) is 63.7 Å². The van der Waals surface area contributed by atoms with Crippen molar-refractivity contribution in [3.63, 3.8) is 0 Å². The average molecular weight is 620 g/mol. The quantitative estimate of drug-likeness (QED) is 0.355. The Labute approximate surface area is 247 Å². The highest BCUT2D eigenvalue weighted by Gasteiger charge is 2.47. The summed E-state index contributed by atoms with van der Waals surface area (Å²) in [5.41, 5.74) is 6.69. The molecule has 2 aromatic heterocycles. The van der Waals surface area contributed by atoms with E-state index in [-0.39, 0.29) is 39.0 Å². The number of nitrogens with zero attached hydrogens (tertiary/aromatic N) is 4. The number of rotatable bonds is 7. The molecule has 2 aliphatic heterocycles. The van der Waals surface area contributed by atoms with Gasteiger partial charge in [0.1, 0.15) is 15.7 Å². The number of nitrogens with one attached hydrogen (secondary N) is 2. The minimum atomic E-state index is -4.16. The van der Waals surface area contributed by atoms with Gasteiger partial charge in [-0.05, 0) is 38.0 Å². The van der Waals surface area contributed by atoms with Crippen LogP contribution in [0.25, 0.3) is 0 Å². The molecule has 0 unspecified atom stereocenters. The summed E-state index contributed by atoms with van der Waals surface area (Å²) in [7, 11) is -2.75. The number of piperidine rings is 1. The number of ether oxygens (including phenoxy) is 2. The number of sulfonamides is 1. The topological polar surface area (TPSA) is 162 Å². The Kier molecular flexibility index (Phi) is 8.57. The average Bonchev–Trinajstić information content (AvgIpc) is 3.24. The van der Waals surface area contributed by atoms with E-state index in [1.165, 1.54) is 31.0 Å². The first-order valence-electron chi connectivity index (χ1n) is 12.8. The zero-order valence-electron chi connectivity index (χ0n) is 22.4. The summed E-state index contributed by atoms with van der Waals surface area (Å²) in [5.74, 6) is 1.03. The first kappa shape index (κ1) is 29.3. The minimum Gasteiger partial charge on any atom is -0.481 e. The van der Waals surface area contributed by atoms with Gasteiger partial charge in [0, 0.05) is 35.5 Å². The lowest BCUT2D eigenvalue weighted by atomic mass is 9.73. The molecule has 12 nitrogen and oxygen atoms in total. The number of hydrogen-bond donors (Lipinski definition) is 3. The molecule has 4 N–H and O–H groups in total. The van der Waals surface area contributed by atoms with Gasteiger partial charge in [0.25, 0.3) is 10.0 Å². The van der Waals surface area contributed by atoms with Crippen molar-refractivity contribution in [2.45, 2.75) is 46.7 Å². The number of pyridine rings is 1. The van der Waals surface area contributed by atoms with Gasteiger partial charge in [0.15, 0.2) is 0 Å². The molecule has 2 amide bonds. The van der Waals surface area contributed by atoms with Crippen LogP contribution >= 0.6 is 23.4 Å². The van der Waals surface area contributed by atoms with Crippen LogP contribution in [0.4, 0.5) is 16.3 Å². The van der Waals surface area contributed by atoms with E-state index in [1.807, 2.05) is 11.6 Å². The molecule has 0 saturated carbocycles. The highest BCUT2D eigenvalue weighted by atomic mass is 35.5. The van der Waals surface area contributed by atoms with Gasteiger partial charge in [-0.15, -0.1) is 0 Å². The number of halogens is 1.